The van der Waals surface area contributed by atoms with E-state index in [4.69, 9.17) is 0 Å². The second-order valence-corrected chi connectivity index (χ2v) is 6.10. The van der Waals surface area contributed by atoms with Crippen LogP contribution in [0.2, 0.25) is 0 Å². The average molecular weight is 323 g/mol. The number of hydrogen-bond donors (Lipinski definition) is 1. The van der Waals surface area contributed by atoms with E-state index in [0.29, 0.717) is 10.9 Å². The number of carbonyl (C=O) groups is 1. The highest BCUT2D eigenvalue weighted by atomic mass is 32.2. The van der Waals surface area contributed by atoms with Crippen molar-refractivity contribution >= 4 is 23.4 Å². The third-order valence-electron chi connectivity index (χ3n) is 2.82. The summed E-state index contributed by atoms with van der Waals surface area (Å²) in [5.74, 6) is -1.50. The number of aromatic nitrogens is 2. The molecule has 2 aromatic rings. The molecule has 0 radical (unpaired) electrons. The molecular weight excluding hydrogens is 308 g/mol. The first-order chi connectivity index (χ1) is 10.4. The van der Waals surface area contributed by atoms with Crippen molar-refractivity contribution in [1.29, 1.82) is 0 Å². The number of hydrogen-bond acceptors (Lipinski definition) is 4. The van der Waals surface area contributed by atoms with Crippen LogP contribution >= 0.6 is 11.8 Å². The van der Waals surface area contributed by atoms with Gasteiger partial charge in [0, 0.05) is 5.69 Å². The van der Waals surface area contributed by atoms with Crippen LogP contribution in [0.15, 0.2) is 29.3 Å². The van der Waals surface area contributed by atoms with Crippen LogP contribution in [0.4, 0.5) is 14.5 Å². The van der Waals surface area contributed by atoms with E-state index < -0.39 is 28.5 Å². The smallest absolute Gasteiger partial charge is 0.237 e. The third-order valence-corrected chi connectivity index (χ3v) is 3.84. The highest BCUT2D eigenvalue weighted by Gasteiger charge is 2.19. The van der Waals surface area contributed by atoms with Gasteiger partial charge in [0.15, 0.2) is 0 Å². The van der Waals surface area contributed by atoms with Gasteiger partial charge in [-0.2, -0.15) is 0 Å². The molecule has 0 aliphatic heterocycles. The minimum absolute atomic E-state index is 0.435. The number of nitrogens with one attached hydrogen (secondary N) is 1. The Labute approximate surface area is 131 Å². The molecule has 0 aliphatic carbocycles. The van der Waals surface area contributed by atoms with Crippen LogP contribution in [-0.4, -0.2) is 21.1 Å². The molecule has 1 amide bonds. The van der Waals surface area contributed by atoms with Crippen molar-refractivity contribution in [3.63, 3.8) is 0 Å². The molecule has 7 heteroatoms. The first kappa shape index (κ1) is 16.4. The van der Waals surface area contributed by atoms with E-state index in [1.807, 2.05) is 6.92 Å². The van der Waals surface area contributed by atoms with E-state index in [2.05, 4.69) is 15.3 Å². The lowest BCUT2D eigenvalue weighted by atomic mass is 10.3. The maximum Gasteiger partial charge on any atom is 0.237 e. The van der Waals surface area contributed by atoms with Crippen LogP contribution in [0.1, 0.15) is 18.4 Å². The number of para-hydroxylation sites is 1. The zero-order chi connectivity index (χ0) is 16.3. The Hall–Kier alpha value is -2.02. The van der Waals surface area contributed by atoms with Gasteiger partial charge in [-0.05, 0) is 39.0 Å². The largest absolute Gasteiger partial charge is 0.320 e. The first-order valence-corrected chi connectivity index (χ1v) is 7.48. The molecule has 0 spiro atoms. The monoisotopic (exact) mass is 323 g/mol. The quantitative estimate of drug-likeness (QED) is 0.691. The van der Waals surface area contributed by atoms with Gasteiger partial charge in [-0.1, -0.05) is 17.8 Å². The van der Waals surface area contributed by atoms with E-state index in [-0.39, 0.29) is 0 Å². The normalized spacial score (nSPS) is 12.0. The molecule has 0 saturated carbocycles. The maximum absolute atomic E-state index is 13.5. The molecular formula is C15H15F2N3OS. The molecule has 0 fully saturated rings. The van der Waals surface area contributed by atoms with Gasteiger partial charge in [-0.15, -0.1) is 0 Å². The molecule has 1 aromatic heterocycles. The number of amides is 1. The molecule has 22 heavy (non-hydrogen) atoms. The fourth-order valence-electron chi connectivity index (χ4n) is 1.82. The Morgan fingerprint density at radius 3 is 2.45 bits per heavy atom. The predicted octanol–water partition coefficient (Wildman–Crippen LogP) is 3.49. The number of benzene rings is 1. The topological polar surface area (TPSA) is 54.9 Å². The number of halogens is 2. The molecule has 0 aliphatic rings. The third kappa shape index (κ3) is 4.00. The second kappa shape index (κ2) is 6.83. The Balaban J connectivity index is 2.09. The molecule has 1 atom stereocenters. The van der Waals surface area contributed by atoms with Gasteiger partial charge < -0.3 is 5.32 Å². The van der Waals surface area contributed by atoms with E-state index in [1.165, 1.54) is 17.8 Å². The second-order valence-electron chi connectivity index (χ2n) is 4.74. The van der Waals surface area contributed by atoms with Crippen LogP contribution in [0.25, 0.3) is 0 Å². The fraction of sp³-hybridized carbons (Fsp3) is 0.267. The summed E-state index contributed by atoms with van der Waals surface area (Å²) >= 11 is 1.20. The maximum atomic E-state index is 13.5. The fourth-order valence-corrected chi connectivity index (χ4v) is 2.77. The summed E-state index contributed by atoms with van der Waals surface area (Å²) in [6, 6.07) is 5.18. The van der Waals surface area contributed by atoms with Gasteiger partial charge in [-0.25, -0.2) is 18.7 Å². The Kier molecular flexibility index (Phi) is 5.07. The van der Waals surface area contributed by atoms with Crippen molar-refractivity contribution in [3.05, 3.63) is 47.4 Å². The molecule has 2 rings (SSSR count). The Morgan fingerprint density at radius 1 is 1.23 bits per heavy atom. The van der Waals surface area contributed by atoms with Gasteiger partial charge in [0.25, 0.3) is 0 Å². The average Bonchev–Trinajstić information content (AvgIpc) is 2.41. The van der Waals surface area contributed by atoms with E-state index in [9.17, 15) is 13.6 Å². The van der Waals surface area contributed by atoms with Crippen molar-refractivity contribution in [2.24, 2.45) is 0 Å². The van der Waals surface area contributed by atoms with E-state index in [1.54, 1.807) is 19.9 Å². The lowest BCUT2D eigenvalue weighted by Gasteiger charge is -2.13. The number of nitrogens with zero attached hydrogens (tertiary/aromatic N) is 2. The first-order valence-electron chi connectivity index (χ1n) is 6.60. The number of rotatable bonds is 4. The van der Waals surface area contributed by atoms with Crippen molar-refractivity contribution < 1.29 is 13.6 Å². The Bertz CT molecular complexity index is 669. The molecule has 1 heterocycles. The van der Waals surface area contributed by atoms with Crippen LogP contribution in [0, 0.1) is 25.5 Å². The SMILES string of the molecule is Cc1cc(SC(C)C(=O)Nc2c(F)cccc2F)nc(C)n1. The number of thioether (sulfide) groups is 1. The summed E-state index contributed by atoms with van der Waals surface area (Å²) in [4.78, 5) is 20.5. The van der Waals surface area contributed by atoms with Gasteiger partial charge in [0.05, 0.1) is 5.25 Å². The lowest BCUT2D eigenvalue weighted by molar-refractivity contribution is -0.115. The summed E-state index contributed by atoms with van der Waals surface area (Å²) < 4.78 is 27.0. The van der Waals surface area contributed by atoms with Crippen LogP contribution in [0.3, 0.4) is 0 Å². The van der Waals surface area contributed by atoms with Crippen LogP contribution in [0.5, 0.6) is 0 Å². The zero-order valence-corrected chi connectivity index (χ0v) is 13.2. The minimum Gasteiger partial charge on any atom is -0.320 e. The van der Waals surface area contributed by atoms with Crippen molar-refractivity contribution in [3.8, 4) is 0 Å². The summed E-state index contributed by atoms with van der Waals surface area (Å²) in [7, 11) is 0. The summed E-state index contributed by atoms with van der Waals surface area (Å²) in [5, 5.41) is 2.35. The molecule has 0 saturated heterocycles. The Morgan fingerprint density at radius 2 is 1.86 bits per heavy atom. The highest BCUT2D eigenvalue weighted by molar-refractivity contribution is 8.00. The zero-order valence-electron chi connectivity index (χ0n) is 12.4. The van der Waals surface area contributed by atoms with Gasteiger partial charge in [0.2, 0.25) is 5.91 Å². The molecule has 116 valence electrons. The van der Waals surface area contributed by atoms with Crippen LogP contribution < -0.4 is 5.32 Å². The van der Waals surface area contributed by atoms with E-state index in [0.717, 1.165) is 17.8 Å². The van der Waals surface area contributed by atoms with Crippen molar-refractivity contribution in [1.82, 2.24) is 9.97 Å². The van der Waals surface area contributed by atoms with E-state index >= 15 is 0 Å². The molecule has 1 N–H and O–H groups in total. The predicted molar refractivity (Wildman–Crippen MR) is 81.8 cm³/mol. The van der Waals surface area contributed by atoms with Crippen molar-refractivity contribution in [2.45, 2.75) is 31.0 Å². The summed E-state index contributed by atoms with van der Waals surface area (Å²) in [6.07, 6.45) is 0. The molecule has 4 nitrogen and oxygen atoms in total. The number of anilines is 1. The van der Waals surface area contributed by atoms with Gasteiger partial charge >= 0.3 is 0 Å². The summed E-state index contributed by atoms with van der Waals surface area (Å²) in [5.41, 5.74) is 0.359. The molecule has 1 aromatic carbocycles. The lowest BCUT2D eigenvalue weighted by Crippen LogP contribution is -2.23. The number of aryl methyl sites for hydroxylation is 2. The van der Waals surface area contributed by atoms with Gasteiger partial charge in [0.1, 0.15) is 28.2 Å². The molecule has 0 bridgehead atoms. The van der Waals surface area contributed by atoms with Crippen molar-refractivity contribution in [2.75, 3.05) is 5.32 Å². The highest BCUT2D eigenvalue weighted by Crippen LogP contribution is 2.24. The summed E-state index contributed by atoms with van der Waals surface area (Å²) in [6.45, 7) is 5.24. The minimum atomic E-state index is -0.806. The molecule has 1 unspecified atom stereocenters. The van der Waals surface area contributed by atoms with Gasteiger partial charge in [-0.3, -0.25) is 4.79 Å². The number of carbonyl (C=O) groups excluding carboxylic acids is 1. The van der Waals surface area contributed by atoms with Crippen LogP contribution in [-0.2, 0) is 4.79 Å². The standard InChI is InChI=1S/C15H15F2N3OS/c1-8-7-13(19-10(3)18-8)22-9(2)15(21)20-14-11(16)5-4-6-12(14)17/h4-7,9H,1-3H3,(H,20,21).